The first kappa shape index (κ1) is 12.5. The highest BCUT2D eigenvalue weighted by Gasteiger charge is 2.16. The Balaban J connectivity index is 2.06. The third-order valence-corrected chi connectivity index (χ3v) is 4.68. The average Bonchev–Trinajstić information content (AvgIpc) is 2.80. The molecular formula is C14H20N2S. The number of nitrogens with one attached hydrogen (secondary N) is 1. The number of hydrogen-bond donors (Lipinski definition) is 2. The van der Waals surface area contributed by atoms with Gasteiger partial charge in [-0.05, 0) is 37.8 Å². The molecule has 1 aliphatic carbocycles. The van der Waals surface area contributed by atoms with Crippen LogP contribution in [-0.4, -0.2) is 11.6 Å². The Morgan fingerprint density at radius 1 is 1.41 bits per heavy atom. The maximum atomic E-state index is 7.63. The standard InChI is InChI=1S/C14H20N2S/c1-10-6-7-13(12(8-10)14(15)16)17-9-11-4-2-3-5-11/h6-8,11H,2-5,9H2,1H3,(H3,15,16). The molecule has 1 aromatic rings. The monoisotopic (exact) mass is 248 g/mol. The summed E-state index contributed by atoms with van der Waals surface area (Å²) in [6, 6.07) is 6.22. The predicted molar refractivity (Wildman–Crippen MR) is 74.9 cm³/mol. The van der Waals surface area contributed by atoms with Crippen LogP contribution in [0, 0.1) is 18.3 Å². The number of amidine groups is 1. The SMILES string of the molecule is Cc1ccc(SCC2CCCC2)c(C(=N)N)c1. The highest BCUT2D eigenvalue weighted by Crippen LogP contribution is 2.32. The first-order valence-electron chi connectivity index (χ1n) is 6.24. The number of hydrogen-bond acceptors (Lipinski definition) is 2. The number of rotatable bonds is 4. The summed E-state index contributed by atoms with van der Waals surface area (Å²) in [4.78, 5) is 1.16. The molecule has 1 aromatic carbocycles. The molecule has 3 N–H and O–H groups in total. The third kappa shape index (κ3) is 3.25. The van der Waals surface area contributed by atoms with Gasteiger partial charge >= 0.3 is 0 Å². The van der Waals surface area contributed by atoms with Gasteiger partial charge < -0.3 is 5.73 Å². The molecule has 0 heterocycles. The van der Waals surface area contributed by atoms with Crippen molar-refractivity contribution in [2.45, 2.75) is 37.5 Å². The van der Waals surface area contributed by atoms with E-state index in [2.05, 4.69) is 12.1 Å². The Hall–Kier alpha value is -0.960. The van der Waals surface area contributed by atoms with E-state index >= 15 is 0 Å². The molecule has 0 spiro atoms. The lowest BCUT2D eigenvalue weighted by molar-refractivity contribution is 0.623. The molecule has 0 aliphatic heterocycles. The largest absolute Gasteiger partial charge is 0.384 e. The van der Waals surface area contributed by atoms with Crippen molar-refractivity contribution in [2.75, 3.05) is 5.75 Å². The molecule has 0 radical (unpaired) electrons. The molecule has 2 rings (SSSR count). The topological polar surface area (TPSA) is 49.9 Å². The van der Waals surface area contributed by atoms with Gasteiger partial charge in [0.2, 0.25) is 0 Å². The molecule has 1 aliphatic rings. The van der Waals surface area contributed by atoms with Gasteiger partial charge in [0.05, 0.1) is 0 Å². The van der Waals surface area contributed by atoms with Crippen LogP contribution in [0.25, 0.3) is 0 Å². The van der Waals surface area contributed by atoms with E-state index in [1.54, 1.807) is 0 Å². The summed E-state index contributed by atoms with van der Waals surface area (Å²) < 4.78 is 0. The lowest BCUT2D eigenvalue weighted by Crippen LogP contribution is -2.13. The molecule has 0 bridgehead atoms. The minimum Gasteiger partial charge on any atom is -0.384 e. The maximum absolute atomic E-state index is 7.63. The summed E-state index contributed by atoms with van der Waals surface area (Å²) in [5.41, 5.74) is 7.70. The van der Waals surface area contributed by atoms with Gasteiger partial charge in [0, 0.05) is 16.2 Å². The third-order valence-electron chi connectivity index (χ3n) is 3.37. The van der Waals surface area contributed by atoms with Crippen LogP contribution in [-0.2, 0) is 0 Å². The number of aryl methyl sites for hydroxylation is 1. The molecular weight excluding hydrogens is 228 g/mol. The minimum atomic E-state index is 0.183. The van der Waals surface area contributed by atoms with Crippen molar-refractivity contribution >= 4 is 17.6 Å². The van der Waals surface area contributed by atoms with E-state index in [1.165, 1.54) is 37.0 Å². The van der Waals surface area contributed by atoms with Crippen molar-refractivity contribution in [1.29, 1.82) is 5.41 Å². The second-order valence-electron chi connectivity index (χ2n) is 4.87. The fourth-order valence-corrected chi connectivity index (χ4v) is 3.60. The second-order valence-corrected chi connectivity index (χ2v) is 5.94. The van der Waals surface area contributed by atoms with Crippen molar-refractivity contribution in [1.82, 2.24) is 0 Å². The molecule has 1 saturated carbocycles. The zero-order chi connectivity index (χ0) is 12.3. The van der Waals surface area contributed by atoms with Crippen molar-refractivity contribution in [2.24, 2.45) is 11.7 Å². The van der Waals surface area contributed by atoms with Crippen LogP contribution in [0.1, 0.15) is 36.8 Å². The predicted octanol–water partition coefficient (Wildman–Crippen LogP) is 3.56. The summed E-state index contributed by atoms with van der Waals surface area (Å²) in [7, 11) is 0. The quantitative estimate of drug-likeness (QED) is 0.486. The van der Waals surface area contributed by atoms with Gasteiger partial charge in [-0.1, -0.05) is 24.5 Å². The molecule has 1 fully saturated rings. The van der Waals surface area contributed by atoms with Gasteiger partial charge in [-0.3, -0.25) is 5.41 Å². The average molecular weight is 248 g/mol. The highest BCUT2D eigenvalue weighted by atomic mass is 32.2. The van der Waals surface area contributed by atoms with Crippen LogP contribution < -0.4 is 5.73 Å². The highest BCUT2D eigenvalue weighted by molar-refractivity contribution is 7.99. The molecule has 2 nitrogen and oxygen atoms in total. The van der Waals surface area contributed by atoms with E-state index in [0.29, 0.717) is 0 Å². The lowest BCUT2D eigenvalue weighted by Gasteiger charge is -2.12. The summed E-state index contributed by atoms with van der Waals surface area (Å²) in [5.74, 6) is 2.22. The first-order valence-corrected chi connectivity index (χ1v) is 7.23. The lowest BCUT2D eigenvalue weighted by atomic mass is 10.1. The number of thioether (sulfide) groups is 1. The molecule has 0 unspecified atom stereocenters. The fraction of sp³-hybridized carbons (Fsp3) is 0.500. The molecule has 17 heavy (non-hydrogen) atoms. The smallest absolute Gasteiger partial charge is 0.123 e. The summed E-state index contributed by atoms with van der Waals surface area (Å²) >= 11 is 1.86. The molecule has 3 heteroatoms. The number of nitrogens with two attached hydrogens (primary N) is 1. The Kier molecular flexibility index (Phi) is 4.11. The fourth-order valence-electron chi connectivity index (χ4n) is 2.36. The summed E-state index contributed by atoms with van der Waals surface area (Å²) in [6.07, 6.45) is 5.51. The van der Waals surface area contributed by atoms with E-state index in [9.17, 15) is 0 Å². The Morgan fingerprint density at radius 3 is 2.76 bits per heavy atom. The number of nitrogen functional groups attached to an aromatic ring is 1. The Labute approximate surface area is 107 Å². The van der Waals surface area contributed by atoms with Crippen LogP contribution in [0.3, 0.4) is 0 Å². The van der Waals surface area contributed by atoms with E-state index in [-0.39, 0.29) is 5.84 Å². The second kappa shape index (κ2) is 5.58. The summed E-state index contributed by atoms with van der Waals surface area (Å²) in [5, 5.41) is 7.63. The molecule has 0 aromatic heterocycles. The van der Waals surface area contributed by atoms with Gasteiger partial charge in [-0.25, -0.2) is 0 Å². The maximum Gasteiger partial charge on any atom is 0.123 e. The van der Waals surface area contributed by atoms with Crippen molar-refractivity contribution < 1.29 is 0 Å². The van der Waals surface area contributed by atoms with Crippen LogP contribution >= 0.6 is 11.8 Å². The van der Waals surface area contributed by atoms with Gasteiger partial charge in [0.1, 0.15) is 5.84 Å². The van der Waals surface area contributed by atoms with Crippen LogP contribution in [0.4, 0.5) is 0 Å². The van der Waals surface area contributed by atoms with E-state index in [0.717, 1.165) is 16.4 Å². The minimum absolute atomic E-state index is 0.183. The van der Waals surface area contributed by atoms with Gasteiger partial charge in [0.15, 0.2) is 0 Å². The zero-order valence-electron chi connectivity index (χ0n) is 10.3. The van der Waals surface area contributed by atoms with Crippen LogP contribution in [0.5, 0.6) is 0 Å². The normalized spacial score (nSPS) is 16.3. The van der Waals surface area contributed by atoms with Crippen LogP contribution in [0.2, 0.25) is 0 Å². The number of benzene rings is 1. The van der Waals surface area contributed by atoms with Crippen molar-refractivity contribution in [3.8, 4) is 0 Å². The van der Waals surface area contributed by atoms with Crippen molar-refractivity contribution in [3.05, 3.63) is 29.3 Å². The van der Waals surface area contributed by atoms with Gasteiger partial charge in [0.25, 0.3) is 0 Å². The van der Waals surface area contributed by atoms with E-state index < -0.39 is 0 Å². The first-order chi connectivity index (χ1) is 8.16. The van der Waals surface area contributed by atoms with E-state index in [4.69, 9.17) is 11.1 Å². The van der Waals surface area contributed by atoms with Gasteiger partial charge in [-0.2, -0.15) is 0 Å². The van der Waals surface area contributed by atoms with Gasteiger partial charge in [-0.15, -0.1) is 11.8 Å². The molecule has 0 atom stereocenters. The van der Waals surface area contributed by atoms with Crippen LogP contribution in [0.15, 0.2) is 23.1 Å². The summed E-state index contributed by atoms with van der Waals surface area (Å²) in [6.45, 7) is 2.04. The molecule has 92 valence electrons. The molecule has 0 amide bonds. The zero-order valence-corrected chi connectivity index (χ0v) is 11.1. The Bertz CT molecular complexity index is 409. The molecule has 0 saturated heterocycles. The van der Waals surface area contributed by atoms with Crippen molar-refractivity contribution in [3.63, 3.8) is 0 Å². The Morgan fingerprint density at radius 2 is 2.12 bits per heavy atom. The van der Waals surface area contributed by atoms with E-state index in [1.807, 2.05) is 24.8 Å².